The van der Waals surface area contributed by atoms with Gasteiger partial charge in [0, 0.05) is 25.7 Å². The third-order valence-corrected chi connectivity index (χ3v) is 3.34. The van der Waals surface area contributed by atoms with E-state index >= 15 is 0 Å². The Hall–Kier alpha value is -3.06. The molecule has 0 aliphatic carbocycles. The van der Waals surface area contributed by atoms with Gasteiger partial charge in [-0.15, -0.1) is 0 Å². The quantitative estimate of drug-likeness (QED) is 0.634. The minimum atomic E-state index is -1.08. The summed E-state index contributed by atoms with van der Waals surface area (Å²) in [5.74, 6) is -0.558. The highest BCUT2D eigenvalue weighted by Gasteiger charge is 2.11. The summed E-state index contributed by atoms with van der Waals surface area (Å²) in [6.07, 6.45) is 0.738. The molecule has 26 heavy (non-hydrogen) atoms. The summed E-state index contributed by atoms with van der Waals surface area (Å²) in [5, 5.41) is 11.4. The zero-order valence-electron chi connectivity index (χ0n) is 14.4. The number of carboxylic acids is 1. The molecule has 0 aromatic heterocycles. The maximum atomic E-state index is 12.5. The zero-order valence-corrected chi connectivity index (χ0v) is 14.4. The van der Waals surface area contributed by atoms with Crippen LogP contribution in [0.25, 0.3) is 0 Å². The molecule has 2 N–H and O–H groups in total. The standard InChI is InChI=1S/C19H21NO6/c1-24-10-5-11-25-17-9-3-2-8-16(17)20-19(23)14-6-4-7-15(12-14)26-13-18(21)22/h2-4,6-9,12H,5,10-11,13H2,1H3,(H,20,23)(H,21,22). The van der Waals surface area contributed by atoms with Crippen LogP contribution >= 0.6 is 0 Å². The molecule has 0 unspecified atom stereocenters. The summed E-state index contributed by atoms with van der Waals surface area (Å²) in [6.45, 7) is 0.597. The van der Waals surface area contributed by atoms with Gasteiger partial charge >= 0.3 is 5.97 Å². The molecule has 0 heterocycles. The molecule has 0 radical (unpaired) electrons. The number of carbonyl (C=O) groups excluding carboxylic acids is 1. The first kappa shape index (κ1) is 19.3. The van der Waals surface area contributed by atoms with Gasteiger partial charge in [-0.25, -0.2) is 4.79 Å². The lowest BCUT2D eigenvalue weighted by atomic mass is 10.2. The van der Waals surface area contributed by atoms with E-state index in [-0.39, 0.29) is 5.91 Å². The summed E-state index contributed by atoms with van der Waals surface area (Å²) in [6, 6.07) is 13.5. The van der Waals surface area contributed by atoms with Crippen molar-refractivity contribution in [3.8, 4) is 11.5 Å². The monoisotopic (exact) mass is 359 g/mol. The Labute approximate surface area is 151 Å². The normalized spacial score (nSPS) is 10.2. The molecule has 0 spiro atoms. The second-order valence-electron chi connectivity index (χ2n) is 5.36. The number of carboxylic acid groups (broad SMARTS) is 1. The fourth-order valence-electron chi connectivity index (χ4n) is 2.15. The van der Waals surface area contributed by atoms with Gasteiger partial charge < -0.3 is 24.6 Å². The summed E-state index contributed by atoms with van der Waals surface area (Å²) in [7, 11) is 1.63. The fraction of sp³-hybridized carbons (Fsp3) is 0.263. The first-order valence-corrected chi connectivity index (χ1v) is 8.07. The van der Waals surface area contributed by atoms with Crippen molar-refractivity contribution in [1.82, 2.24) is 0 Å². The summed E-state index contributed by atoms with van der Waals surface area (Å²) in [5.41, 5.74) is 0.897. The lowest BCUT2D eigenvalue weighted by Crippen LogP contribution is -2.14. The van der Waals surface area contributed by atoms with E-state index in [4.69, 9.17) is 19.3 Å². The van der Waals surface area contributed by atoms with Gasteiger partial charge in [-0.2, -0.15) is 0 Å². The van der Waals surface area contributed by atoms with Crippen molar-refractivity contribution in [3.63, 3.8) is 0 Å². The molecule has 0 aliphatic heterocycles. The van der Waals surface area contributed by atoms with Crippen LogP contribution < -0.4 is 14.8 Å². The molecule has 2 aromatic carbocycles. The minimum absolute atomic E-state index is 0.309. The van der Waals surface area contributed by atoms with Crippen LogP contribution in [0.5, 0.6) is 11.5 Å². The lowest BCUT2D eigenvalue weighted by Gasteiger charge is -2.13. The SMILES string of the molecule is COCCCOc1ccccc1NC(=O)c1cccc(OCC(=O)O)c1. The van der Waals surface area contributed by atoms with Crippen molar-refractivity contribution in [2.75, 3.05) is 32.2 Å². The van der Waals surface area contributed by atoms with E-state index in [1.807, 2.05) is 6.07 Å². The van der Waals surface area contributed by atoms with E-state index in [2.05, 4.69) is 5.32 Å². The molecule has 0 aliphatic rings. The average Bonchev–Trinajstić information content (AvgIpc) is 2.65. The number of anilines is 1. The summed E-state index contributed by atoms with van der Waals surface area (Å²) in [4.78, 5) is 23.0. The molecule has 0 atom stereocenters. The van der Waals surface area contributed by atoms with E-state index in [9.17, 15) is 9.59 Å². The number of rotatable bonds is 10. The number of nitrogens with one attached hydrogen (secondary N) is 1. The van der Waals surface area contributed by atoms with Crippen molar-refractivity contribution in [2.24, 2.45) is 0 Å². The molecule has 0 saturated heterocycles. The van der Waals surface area contributed by atoms with Crippen LogP contribution in [-0.2, 0) is 9.53 Å². The number of carbonyl (C=O) groups is 2. The number of methoxy groups -OCH3 is 1. The number of benzene rings is 2. The second-order valence-corrected chi connectivity index (χ2v) is 5.36. The predicted octanol–water partition coefficient (Wildman–Crippen LogP) is 2.82. The van der Waals surface area contributed by atoms with Gasteiger partial charge in [-0.3, -0.25) is 4.79 Å². The average molecular weight is 359 g/mol. The van der Waals surface area contributed by atoms with E-state index in [1.54, 1.807) is 43.5 Å². The highest BCUT2D eigenvalue weighted by molar-refractivity contribution is 6.05. The van der Waals surface area contributed by atoms with Crippen molar-refractivity contribution < 1.29 is 28.9 Å². The Morgan fingerprint density at radius 2 is 1.85 bits per heavy atom. The lowest BCUT2D eigenvalue weighted by molar-refractivity contribution is -0.139. The second kappa shape index (κ2) is 10.0. The Kier molecular flexibility index (Phi) is 7.45. The Morgan fingerprint density at radius 1 is 1.04 bits per heavy atom. The number of hydrogen-bond donors (Lipinski definition) is 2. The molecule has 7 heteroatoms. The summed E-state index contributed by atoms with van der Waals surface area (Å²) >= 11 is 0. The van der Waals surface area contributed by atoms with E-state index in [0.717, 1.165) is 6.42 Å². The number of amides is 1. The minimum Gasteiger partial charge on any atom is -0.491 e. The molecule has 0 bridgehead atoms. The van der Waals surface area contributed by atoms with Crippen LogP contribution in [0.2, 0.25) is 0 Å². The van der Waals surface area contributed by atoms with Crippen LogP contribution in [-0.4, -0.2) is 43.9 Å². The Balaban J connectivity index is 2.03. The smallest absolute Gasteiger partial charge is 0.341 e. The van der Waals surface area contributed by atoms with Gasteiger partial charge in [0.2, 0.25) is 0 Å². The molecular weight excluding hydrogens is 338 g/mol. The molecular formula is C19H21NO6. The largest absolute Gasteiger partial charge is 0.491 e. The fourth-order valence-corrected chi connectivity index (χ4v) is 2.15. The van der Waals surface area contributed by atoms with E-state index in [0.29, 0.717) is 36.0 Å². The van der Waals surface area contributed by atoms with Gasteiger partial charge in [0.05, 0.1) is 12.3 Å². The highest BCUT2D eigenvalue weighted by Crippen LogP contribution is 2.25. The molecule has 0 fully saturated rings. The van der Waals surface area contributed by atoms with Crippen LogP contribution in [0.1, 0.15) is 16.8 Å². The van der Waals surface area contributed by atoms with Crippen molar-refractivity contribution in [3.05, 3.63) is 54.1 Å². The number of para-hydroxylation sites is 2. The van der Waals surface area contributed by atoms with Gasteiger partial charge in [0.15, 0.2) is 6.61 Å². The van der Waals surface area contributed by atoms with Gasteiger partial charge in [-0.1, -0.05) is 18.2 Å². The van der Waals surface area contributed by atoms with Crippen molar-refractivity contribution >= 4 is 17.6 Å². The molecule has 2 rings (SSSR count). The molecule has 138 valence electrons. The zero-order chi connectivity index (χ0) is 18.8. The van der Waals surface area contributed by atoms with Crippen LogP contribution in [0.4, 0.5) is 5.69 Å². The predicted molar refractivity (Wildman–Crippen MR) is 96.0 cm³/mol. The maximum absolute atomic E-state index is 12.5. The van der Waals surface area contributed by atoms with Gasteiger partial charge in [0.25, 0.3) is 5.91 Å². The molecule has 0 saturated carbocycles. The van der Waals surface area contributed by atoms with Gasteiger partial charge in [0.1, 0.15) is 11.5 Å². The van der Waals surface area contributed by atoms with Crippen molar-refractivity contribution in [1.29, 1.82) is 0 Å². The topological polar surface area (TPSA) is 94.1 Å². The number of hydrogen-bond acceptors (Lipinski definition) is 5. The number of aliphatic carboxylic acids is 1. The first-order valence-electron chi connectivity index (χ1n) is 8.07. The highest BCUT2D eigenvalue weighted by atomic mass is 16.5. The molecule has 7 nitrogen and oxygen atoms in total. The third kappa shape index (κ3) is 6.10. The third-order valence-electron chi connectivity index (χ3n) is 3.34. The van der Waals surface area contributed by atoms with Crippen molar-refractivity contribution in [2.45, 2.75) is 6.42 Å². The first-order chi connectivity index (χ1) is 12.6. The molecule has 2 aromatic rings. The number of ether oxygens (including phenoxy) is 3. The van der Waals surface area contributed by atoms with E-state index in [1.165, 1.54) is 6.07 Å². The summed E-state index contributed by atoms with van der Waals surface area (Å²) < 4.78 is 15.8. The van der Waals surface area contributed by atoms with Crippen LogP contribution in [0, 0.1) is 0 Å². The Bertz CT molecular complexity index is 746. The van der Waals surface area contributed by atoms with Crippen LogP contribution in [0.15, 0.2) is 48.5 Å². The Morgan fingerprint density at radius 3 is 2.62 bits per heavy atom. The molecule has 1 amide bonds. The van der Waals surface area contributed by atoms with E-state index < -0.39 is 12.6 Å². The maximum Gasteiger partial charge on any atom is 0.341 e. The van der Waals surface area contributed by atoms with Crippen LogP contribution in [0.3, 0.4) is 0 Å². The van der Waals surface area contributed by atoms with Gasteiger partial charge in [-0.05, 0) is 30.3 Å².